The molecule has 4 N–H and O–H groups in total. The van der Waals surface area contributed by atoms with Gasteiger partial charge in [0.25, 0.3) is 0 Å². The number of sulfonamides is 1. The Morgan fingerprint density at radius 1 is 0.667 bits per heavy atom. The van der Waals surface area contributed by atoms with Crippen molar-refractivity contribution in [2.24, 2.45) is 5.92 Å². The first-order chi connectivity index (χ1) is 43.6. The van der Waals surface area contributed by atoms with Crippen molar-refractivity contribution in [2.45, 2.75) is 124 Å². The van der Waals surface area contributed by atoms with Gasteiger partial charge in [-0.05, 0) is 185 Å². The standard InChI is InChI=1S/C66H86Cl2N10O10S2/c1-70-61-40-50(68)39-60-58(61)42-63(77-25-6-3-7-26-77)65(60)88-54-13-17-56(18-14-54)90(83,84)74-51-20-28-76(45-51)32-36-86-34-24-73-66(80)72-21-5-2-4-9-52(79)10-8-33-85-35-31-75-27-19-47(44-75)46-89(81,82)55-15-11-53(12-16-55)87-64-59-38-49(67)37-48(43-69)57(59)41-62(64)78-29-22-71-23-30-78/h11-18,37-40,47,51,62-65,71,74H,2-10,19-36,41-42,44-46H2,(H2,72,73,80)/t47-,51-,62-,63-,64-,65-/m0/s1. The van der Waals surface area contributed by atoms with Gasteiger partial charge in [0.15, 0.2) is 15.5 Å². The van der Waals surface area contributed by atoms with E-state index in [4.69, 9.17) is 48.7 Å². The lowest BCUT2D eigenvalue weighted by Gasteiger charge is -2.36. The van der Waals surface area contributed by atoms with Gasteiger partial charge in [0, 0.05) is 101 Å². The number of halogens is 2. The molecule has 486 valence electrons. The Hall–Kier alpha value is -5.44. The third-order valence-corrected chi connectivity index (χ3v) is 22.3. The molecule has 4 saturated heterocycles. The van der Waals surface area contributed by atoms with Gasteiger partial charge in [-0.2, -0.15) is 5.26 Å². The number of ether oxygens (including phenoxy) is 4. The minimum atomic E-state index is -3.79. The number of urea groups is 1. The summed E-state index contributed by atoms with van der Waals surface area (Å²) in [6.45, 7) is 19.9. The van der Waals surface area contributed by atoms with Crippen LogP contribution in [0.2, 0.25) is 10.0 Å². The summed E-state index contributed by atoms with van der Waals surface area (Å²) >= 11 is 12.9. The summed E-state index contributed by atoms with van der Waals surface area (Å²) in [4.78, 5) is 38.3. The highest BCUT2D eigenvalue weighted by molar-refractivity contribution is 7.91. The number of carbonyl (C=O) groups is 2. The Kier molecular flexibility index (Phi) is 24.3. The van der Waals surface area contributed by atoms with Crippen LogP contribution in [0.5, 0.6) is 11.5 Å². The quantitative estimate of drug-likeness (QED) is 0.0274. The predicted octanol–water partition coefficient (Wildman–Crippen LogP) is 8.29. The number of likely N-dealkylation sites (tertiary alicyclic amines) is 3. The van der Waals surface area contributed by atoms with E-state index in [9.17, 15) is 31.7 Å². The van der Waals surface area contributed by atoms with Gasteiger partial charge in [0.05, 0.1) is 65.7 Å². The third kappa shape index (κ3) is 18.2. The number of fused-ring (bicyclic) bond motifs is 2. The van der Waals surface area contributed by atoms with Crippen LogP contribution in [0, 0.1) is 23.8 Å². The van der Waals surface area contributed by atoms with Crippen LogP contribution >= 0.6 is 23.2 Å². The van der Waals surface area contributed by atoms with Crippen molar-refractivity contribution in [3.8, 4) is 17.6 Å². The van der Waals surface area contributed by atoms with Crippen molar-refractivity contribution in [3.63, 3.8) is 0 Å². The van der Waals surface area contributed by atoms with Gasteiger partial charge in [-0.15, -0.1) is 0 Å². The van der Waals surface area contributed by atoms with Crippen LogP contribution in [0.3, 0.4) is 0 Å². The molecule has 0 spiro atoms. The van der Waals surface area contributed by atoms with Crippen LogP contribution in [0.25, 0.3) is 4.85 Å². The van der Waals surface area contributed by atoms with E-state index in [2.05, 4.69) is 51.2 Å². The number of sulfone groups is 1. The maximum atomic E-state index is 13.6. The molecule has 6 aliphatic rings. The highest BCUT2D eigenvalue weighted by Gasteiger charge is 2.42. The fraction of sp³-hybridized carbons (Fsp3) is 0.576. The van der Waals surface area contributed by atoms with E-state index in [-0.39, 0.29) is 63.6 Å². The minimum Gasteiger partial charge on any atom is -0.484 e. The number of nitriles is 1. The summed E-state index contributed by atoms with van der Waals surface area (Å²) in [5.41, 5.74) is 4.88. The Bertz CT molecular complexity index is 3170. The van der Waals surface area contributed by atoms with Crippen LogP contribution in [-0.2, 0) is 47.0 Å². The van der Waals surface area contributed by atoms with Crippen LogP contribution < -0.4 is 30.1 Å². The highest BCUT2D eigenvalue weighted by atomic mass is 35.5. The Morgan fingerprint density at radius 2 is 1.27 bits per heavy atom. The van der Waals surface area contributed by atoms with E-state index in [1.807, 2.05) is 12.1 Å². The lowest BCUT2D eigenvalue weighted by molar-refractivity contribution is -0.119. The number of nitrogens with one attached hydrogen (secondary N) is 4. The first-order valence-corrected chi connectivity index (χ1v) is 36.1. The number of benzene rings is 4. The van der Waals surface area contributed by atoms with E-state index < -0.39 is 19.9 Å². The molecule has 10 rings (SSSR count). The third-order valence-electron chi connectivity index (χ3n) is 18.4. The largest absolute Gasteiger partial charge is 0.484 e. The molecule has 24 heteroatoms. The topological polar surface area (TPSA) is 229 Å². The first kappa shape index (κ1) is 67.4. The second-order valence-corrected chi connectivity index (χ2v) is 29.3. The summed E-state index contributed by atoms with van der Waals surface area (Å²) in [5.74, 6) is 1.40. The van der Waals surface area contributed by atoms with Gasteiger partial charge in [0.2, 0.25) is 10.0 Å². The fourth-order valence-corrected chi connectivity index (χ4v) is 17.0. The molecule has 0 saturated carbocycles. The molecular formula is C66H86Cl2N10O10S2. The number of piperazine rings is 1. The van der Waals surface area contributed by atoms with Crippen LogP contribution in [0.1, 0.15) is 111 Å². The van der Waals surface area contributed by atoms with E-state index in [1.165, 1.54) is 6.42 Å². The molecule has 90 heavy (non-hydrogen) atoms. The lowest BCUT2D eigenvalue weighted by atomic mass is 10.0. The summed E-state index contributed by atoms with van der Waals surface area (Å²) in [7, 11) is -7.33. The molecule has 2 aliphatic carbocycles. The number of rotatable bonds is 31. The number of Topliss-reactive ketones (excluding diaryl/α,β-unsaturated/α-hetero) is 1. The zero-order valence-corrected chi connectivity index (χ0v) is 54.5. The molecule has 4 aromatic rings. The zero-order valence-electron chi connectivity index (χ0n) is 51.4. The molecule has 4 aromatic carbocycles. The van der Waals surface area contributed by atoms with Crippen molar-refractivity contribution in [2.75, 3.05) is 124 Å². The number of nitrogens with zero attached hydrogens (tertiary/aromatic N) is 6. The molecular weight excluding hydrogens is 1230 g/mol. The second kappa shape index (κ2) is 32.4. The number of unbranched alkanes of at least 4 members (excludes halogenated alkanes) is 2. The molecule has 4 aliphatic heterocycles. The maximum absolute atomic E-state index is 13.6. The average Bonchev–Trinajstić information content (AvgIpc) is 1.64. The fourth-order valence-electron chi connectivity index (χ4n) is 13.7. The Balaban J connectivity index is 0.522. The van der Waals surface area contributed by atoms with Crippen molar-refractivity contribution >= 4 is 60.6 Å². The Morgan fingerprint density at radius 3 is 1.96 bits per heavy atom. The van der Waals surface area contributed by atoms with E-state index in [0.29, 0.717) is 137 Å². The summed E-state index contributed by atoms with van der Waals surface area (Å²) in [6, 6.07) is 22.4. The van der Waals surface area contributed by atoms with Gasteiger partial charge in [-0.25, -0.2) is 31.2 Å². The van der Waals surface area contributed by atoms with Gasteiger partial charge in [0.1, 0.15) is 29.5 Å². The van der Waals surface area contributed by atoms with Crippen molar-refractivity contribution < 1.29 is 45.4 Å². The monoisotopic (exact) mass is 1310 g/mol. The predicted molar refractivity (Wildman–Crippen MR) is 346 cm³/mol. The van der Waals surface area contributed by atoms with Gasteiger partial charge in [-0.3, -0.25) is 19.5 Å². The van der Waals surface area contributed by atoms with Crippen LogP contribution in [0.15, 0.2) is 82.6 Å². The molecule has 4 heterocycles. The molecule has 20 nitrogen and oxygen atoms in total. The molecule has 4 fully saturated rings. The van der Waals surface area contributed by atoms with E-state index in [0.717, 1.165) is 113 Å². The lowest BCUT2D eigenvalue weighted by Crippen LogP contribution is -2.50. The van der Waals surface area contributed by atoms with E-state index >= 15 is 0 Å². The summed E-state index contributed by atoms with van der Waals surface area (Å²) in [6.07, 6.45) is 9.54. The molecule has 0 bridgehead atoms. The smallest absolute Gasteiger partial charge is 0.314 e. The molecule has 0 aromatic heterocycles. The van der Waals surface area contributed by atoms with Crippen LogP contribution in [0.4, 0.5) is 10.5 Å². The van der Waals surface area contributed by atoms with Crippen LogP contribution in [-0.4, -0.2) is 190 Å². The van der Waals surface area contributed by atoms with Crippen molar-refractivity contribution in [1.29, 1.82) is 5.26 Å². The minimum absolute atomic E-state index is 0.0128. The maximum Gasteiger partial charge on any atom is 0.314 e. The first-order valence-electron chi connectivity index (χ1n) is 32.2. The number of carbonyl (C=O) groups excluding carboxylic acids is 2. The summed E-state index contributed by atoms with van der Waals surface area (Å²) < 4.78 is 81.9. The average molecular weight is 1310 g/mol. The number of hydrogen-bond donors (Lipinski definition) is 4. The number of ketones is 1. The normalized spacial score (nSPS) is 22.4. The SMILES string of the molecule is [C-]#[N+]c1cc(Cl)cc2c1C[C@H](N1CCCCC1)[C@H]2Oc1ccc(S(=O)(=O)N[C@H]2CCN(CCOCCNC(=O)NCCCCCC(=O)CCCOCCN3CC[C@H](CS(=O)(=O)c4ccc(O[C@H]5c6cc(Cl)cc(C#N)c6C[C@@H]5N5CCNCC5)cc4)C3)C2)cc1. The molecule has 0 unspecified atom stereocenters. The number of hydrogen-bond acceptors (Lipinski definition) is 16. The zero-order chi connectivity index (χ0) is 63.0. The molecule has 0 radical (unpaired) electrons. The number of piperidine rings is 1. The number of amides is 2. The Labute approximate surface area is 541 Å². The second-order valence-electron chi connectivity index (χ2n) is 24.7. The molecule has 6 atom stereocenters. The van der Waals surface area contributed by atoms with E-state index in [1.54, 1.807) is 60.7 Å². The van der Waals surface area contributed by atoms with Gasteiger partial charge in [-0.1, -0.05) is 36.0 Å². The summed E-state index contributed by atoms with van der Waals surface area (Å²) in [5, 5.41) is 19.9. The van der Waals surface area contributed by atoms with Crippen molar-refractivity contribution in [3.05, 3.63) is 122 Å². The molecule has 2 amide bonds. The van der Waals surface area contributed by atoms with Gasteiger partial charge >= 0.3 is 6.03 Å². The van der Waals surface area contributed by atoms with Gasteiger partial charge < -0.3 is 39.8 Å². The van der Waals surface area contributed by atoms with Crippen molar-refractivity contribution in [1.82, 2.24) is 40.3 Å². The highest BCUT2D eigenvalue weighted by Crippen LogP contribution is 2.45.